The number of aromatic nitrogens is 3. The molecule has 104 valence electrons. The summed E-state index contributed by atoms with van der Waals surface area (Å²) in [6, 6.07) is 7.65. The van der Waals surface area contributed by atoms with Gasteiger partial charge < -0.3 is 10.5 Å². The average Bonchev–Trinajstić information content (AvgIpc) is 2.90. The van der Waals surface area contributed by atoms with Crippen LogP contribution in [0.5, 0.6) is 5.75 Å². The van der Waals surface area contributed by atoms with Gasteiger partial charge in [-0.25, -0.2) is 0 Å². The van der Waals surface area contributed by atoms with E-state index in [-0.39, 0.29) is 6.04 Å². The highest BCUT2D eigenvalue weighted by Crippen LogP contribution is 2.26. The molecule has 2 heterocycles. The first kappa shape index (κ1) is 13.1. The fourth-order valence-electron chi connectivity index (χ4n) is 1.95. The molecule has 1 aliphatic rings. The van der Waals surface area contributed by atoms with E-state index in [0.29, 0.717) is 5.82 Å². The summed E-state index contributed by atoms with van der Waals surface area (Å²) in [6.07, 6.45) is 0. The summed E-state index contributed by atoms with van der Waals surface area (Å²) in [7, 11) is 1.65. The number of methoxy groups -OCH3 is 1. The number of hydrogen-bond acceptors (Lipinski definition) is 6. The van der Waals surface area contributed by atoms with Gasteiger partial charge in [0.2, 0.25) is 5.16 Å². The predicted octanol–water partition coefficient (Wildman–Crippen LogP) is 1.66. The molecule has 0 fully saturated rings. The molecule has 2 aromatic rings. The normalized spacial score (nSPS) is 15.4. The van der Waals surface area contributed by atoms with Gasteiger partial charge in [0.15, 0.2) is 5.82 Å². The molecule has 20 heavy (non-hydrogen) atoms. The minimum absolute atomic E-state index is 0.198. The number of rotatable bonds is 3. The zero-order valence-electron chi connectivity index (χ0n) is 11.3. The summed E-state index contributed by atoms with van der Waals surface area (Å²) in [5.41, 5.74) is 7.93. The lowest BCUT2D eigenvalue weighted by Gasteiger charge is -2.15. The molecule has 0 saturated heterocycles. The highest BCUT2D eigenvalue weighted by atomic mass is 32.2. The van der Waals surface area contributed by atoms with Crippen LogP contribution in [0, 0.1) is 0 Å². The molecule has 6 nitrogen and oxygen atoms in total. The molecule has 2 N–H and O–H groups in total. The smallest absolute Gasteiger partial charge is 0.212 e. The molecule has 0 bridgehead atoms. The molecule has 1 aromatic heterocycles. The monoisotopic (exact) mass is 289 g/mol. The Hall–Kier alpha value is -1.86. The molecule has 1 atom stereocenters. The van der Waals surface area contributed by atoms with Crippen LogP contribution in [0.3, 0.4) is 0 Å². The third kappa shape index (κ3) is 2.30. The van der Waals surface area contributed by atoms with E-state index in [1.165, 1.54) is 0 Å². The highest BCUT2D eigenvalue weighted by Gasteiger charge is 2.21. The third-order valence-electron chi connectivity index (χ3n) is 3.03. The van der Waals surface area contributed by atoms with Crippen molar-refractivity contribution in [3.05, 3.63) is 35.7 Å². The Morgan fingerprint density at radius 3 is 2.70 bits per heavy atom. The second-order valence-corrected chi connectivity index (χ2v) is 5.45. The van der Waals surface area contributed by atoms with Crippen molar-refractivity contribution >= 4 is 17.5 Å². The van der Waals surface area contributed by atoms with Gasteiger partial charge in [0, 0.05) is 5.75 Å². The van der Waals surface area contributed by atoms with Gasteiger partial charge in [-0.15, -0.1) is 10.2 Å². The summed E-state index contributed by atoms with van der Waals surface area (Å²) in [4.78, 5) is 0. The summed E-state index contributed by atoms with van der Waals surface area (Å²) in [5.74, 6) is 2.28. The summed E-state index contributed by atoms with van der Waals surface area (Å²) < 4.78 is 6.90. The lowest BCUT2D eigenvalue weighted by molar-refractivity contribution is 0.415. The van der Waals surface area contributed by atoms with Crippen molar-refractivity contribution in [3.63, 3.8) is 0 Å². The number of thioether (sulfide) groups is 1. The van der Waals surface area contributed by atoms with Crippen molar-refractivity contribution in [1.29, 1.82) is 0 Å². The summed E-state index contributed by atoms with van der Waals surface area (Å²) >= 11 is 1.61. The molecule has 3 rings (SSSR count). The zero-order chi connectivity index (χ0) is 14.1. The topological polar surface area (TPSA) is 78.3 Å². The van der Waals surface area contributed by atoms with Gasteiger partial charge in [-0.05, 0) is 36.8 Å². The van der Waals surface area contributed by atoms with Gasteiger partial charge in [-0.2, -0.15) is 9.78 Å². The number of benzene rings is 1. The molecule has 0 spiro atoms. The number of nitrogens with zero attached hydrogens (tertiary/aromatic N) is 4. The molecule has 0 aliphatic carbocycles. The van der Waals surface area contributed by atoms with Crippen LogP contribution < -0.4 is 10.5 Å². The molecule has 7 heteroatoms. The van der Waals surface area contributed by atoms with Crippen LogP contribution in [0.4, 0.5) is 0 Å². The van der Waals surface area contributed by atoms with E-state index in [0.717, 1.165) is 27.9 Å². The van der Waals surface area contributed by atoms with Gasteiger partial charge in [0.05, 0.1) is 18.9 Å². The highest BCUT2D eigenvalue weighted by molar-refractivity contribution is 7.99. The van der Waals surface area contributed by atoms with E-state index in [9.17, 15) is 0 Å². The van der Waals surface area contributed by atoms with Gasteiger partial charge in [-0.3, -0.25) is 0 Å². The molecular formula is C13H15N5OS. The van der Waals surface area contributed by atoms with Gasteiger partial charge in [-0.1, -0.05) is 11.8 Å². The Bertz CT molecular complexity index is 647. The lowest BCUT2D eigenvalue weighted by atomic mass is 10.1. The molecule has 1 unspecified atom stereocenters. The summed E-state index contributed by atoms with van der Waals surface area (Å²) in [6.45, 7) is 1.87. The van der Waals surface area contributed by atoms with Crippen LogP contribution in [0.2, 0.25) is 0 Å². The standard InChI is InChI=1S/C13H15N5OS/c1-8(14)12-15-16-13-18(12)17-11(7-20-13)9-3-5-10(19-2)6-4-9/h3-6,8H,7,14H2,1-2H3. The van der Waals surface area contributed by atoms with Crippen molar-refractivity contribution in [3.8, 4) is 5.75 Å². The molecule has 0 amide bonds. The average molecular weight is 289 g/mol. The minimum Gasteiger partial charge on any atom is -0.497 e. The number of fused-ring (bicyclic) bond motifs is 1. The Labute approximate surface area is 121 Å². The van der Waals surface area contributed by atoms with Crippen LogP contribution in [-0.4, -0.2) is 33.4 Å². The van der Waals surface area contributed by atoms with E-state index >= 15 is 0 Å². The van der Waals surface area contributed by atoms with E-state index in [2.05, 4.69) is 15.3 Å². The number of hydrogen-bond donors (Lipinski definition) is 1. The molecular weight excluding hydrogens is 274 g/mol. The van der Waals surface area contributed by atoms with Crippen LogP contribution in [0.15, 0.2) is 34.5 Å². The maximum atomic E-state index is 5.89. The molecule has 1 aliphatic heterocycles. The molecule has 1 aromatic carbocycles. The number of nitrogens with two attached hydrogens (primary N) is 1. The number of ether oxygens (including phenoxy) is 1. The van der Waals surface area contributed by atoms with Crippen molar-refractivity contribution in [2.24, 2.45) is 10.8 Å². The second kappa shape index (κ2) is 5.26. The first-order valence-corrected chi connectivity index (χ1v) is 7.23. The second-order valence-electron chi connectivity index (χ2n) is 4.51. The lowest BCUT2D eigenvalue weighted by Crippen LogP contribution is -2.17. The zero-order valence-corrected chi connectivity index (χ0v) is 12.1. The van der Waals surface area contributed by atoms with Crippen LogP contribution in [0.25, 0.3) is 0 Å². The van der Waals surface area contributed by atoms with Crippen LogP contribution in [0.1, 0.15) is 24.4 Å². The van der Waals surface area contributed by atoms with Crippen molar-refractivity contribution in [1.82, 2.24) is 14.9 Å². The fraction of sp³-hybridized carbons (Fsp3) is 0.308. The van der Waals surface area contributed by atoms with E-state index in [4.69, 9.17) is 10.5 Å². The predicted molar refractivity (Wildman–Crippen MR) is 78.3 cm³/mol. The first-order valence-electron chi connectivity index (χ1n) is 6.25. The van der Waals surface area contributed by atoms with Gasteiger partial charge in [0.1, 0.15) is 5.75 Å². The summed E-state index contributed by atoms with van der Waals surface area (Å²) in [5, 5.41) is 13.6. The first-order chi connectivity index (χ1) is 9.69. The maximum Gasteiger partial charge on any atom is 0.212 e. The third-order valence-corrected chi connectivity index (χ3v) is 3.96. The van der Waals surface area contributed by atoms with E-state index in [1.807, 2.05) is 31.2 Å². The minimum atomic E-state index is -0.198. The molecule has 0 radical (unpaired) electrons. The quantitative estimate of drug-likeness (QED) is 0.929. The largest absolute Gasteiger partial charge is 0.497 e. The Balaban J connectivity index is 1.98. The van der Waals surface area contributed by atoms with Crippen LogP contribution >= 0.6 is 11.8 Å². The van der Waals surface area contributed by atoms with Crippen molar-refractivity contribution in [2.75, 3.05) is 12.9 Å². The van der Waals surface area contributed by atoms with Gasteiger partial charge >= 0.3 is 0 Å². The van der Waals surface area contributed by atoms with E-state index in [1.54, 1.807) is 23.5 Å². The molecule has 0 saturated carbocycles. The van der Waals surface area contributed by atoms with Crippen molar-refractivity contribution < 1.29 is 4.74 Å². The van der Waals surface area contributed by atoms with Crippen LogP contribution in [-0.2, 0) is 0 Å². The van der Waals surface area contributed by atoms with Gasteiger partial charge in [0.25, 0.3) is 0 Å². The van der Waals surface area contributed by atoms with Crippen molar-refractivity contribution in [2.45, 2.75) is 18.1 Å². The Kier molecular flexibility index (Phi) is 3.45. The maximum absolute atomic E-state index is 5.89. The Morgan fingerprint density at radius 2 is 2.05 bits per heavy atom. The Morgan fingerprint density at radius 1 is 1.30 bits per heavy atom. The SMILES string of the molecule is COc1ccc(C2=Nn3c(nnc3C(C)N)SC2)cc1. The van der Waals surface area contributed by atoms with E-state index < -0.39 is 0 Å². The fourth-order valence-corrected chi connectivity index (χ4v) is 2.80.